The van der Waals surface area contributed by atoms with E-state index in [4.69, 9.17) is 11.6 Å². The van der Waals surface area contributed by atoms with Crippen LogP contribution >= 0.6 is 22.9 Å². The largest absolute Gasteiger partial charge is 0.337 e. The molecule has 4 heterocycles. The maximum Gasteiger partial charge on any atom is 0.265 e. The van der Waals surface area contributed by atoms with Gasteiger partial charge in [-0.3, -0.25) is 9.59 Å². The highest BCUT2D eigenvalue weighted by atomic mass is 35.5. The number of carbonyl (C=O) groups is 1. The molecule has 3 aromatic rings. The molecule has 1 amide bonds. The van der Waals surface area contributed by atoms with Gasteiger partial charge >= 0.3 is 0 Å². The van der Waals surface area contributed by atoms with Crippen LogP contribution in [-0.2, 0) is 6.54 Å². The second-order valence-corrected chi connectivity index (χ2v) is 8.58. The van der Waals surface area contributed by atoms with Crippen molar-refractivity contribution in [3.8, 4) is 0 Å². The first-order chi connectivity index (χ1) is 12.6. The zero-order valence-corrected chi connectivity index (χ0v) is 15.6. The van der Waals surface area contributed by atoms with Crippen molar-refractivity contribution in [1.82, 2.24) is 9.47 Å². The highest BCUT2D eigenvalue weighted by Crippen LogP contribution is 2.39. The van der Waals surface area contributed by atoms with Gasteiger partial charge in [0, 0.05) is 47.4 Å². The van der Waals surface area contributed by atoms with Crippen molar-refractivity contribution in [2.45, 2.75) is 18.9 Å². The van der Waals surface area contributed by atoms with Crippen molar-refractivity contribution >= 4 is 38.9 Å². The molecule has 5 rings (SSSR count). The molecular weight excluding hydrogens is 368 g/mol. The van der Waals surface area contributed by atoms with Gasteiger partial charge in [0.25, 0.3) is 11.5 Å². The molecule has 0 radical (unpaired) electrons. The van der Waals surface area contributed by atoms with Crippen LogP contribution in [0.25, 0.3) is 10.1 Å². The van der Waals surface area contributed by atoms with E-state index in [0.717, 1.165) is 22.2 Å². The number of aromatic nitrogens is 1. The van der Waals surface area contributed by atoms with E-state index in [1.54, 1.807) is 6.07 Å². The van der Waals surface area contributed by atoms with E-state index in [2.05, 4.69) is 0 Å². The van der Waals surface area contributed by atoms with Crippen LogP contribution in [-0.4, -0.2) is 28.5 Å². The Hall–Kier alpha value is -2.11. The lowest BCUT2D eigenvalue weighted by Gasteiger charge is -2.42. The molecule has 2 aliphatic heterocycles. The van der Waals surface area contributed by atoms with E-state index in [0.29, 0.717) is 35.5 Å². The predicted molar refractivity (Wildman–Crippen MR) is 104 cm³/mol. The molecule has 2 atom stereocenters. The number of nitrogens with zero attached hydrogens (tertiary/aromatic N) is 2. The smallest absolute Gasteiger partial charge is 0.265 e. The molecule has 26 heavy (non-hydrogen) atoms. The molecule has 0 spiro atoms. The first kappa shape index (κ1) is 16.1. The summed E-state index contributed by atoms with van der Waals surface area (Å²) >= 11 is 7.97. The SMILES string of the molecule is O=C(c1sc2ccccc2c1Cl)N1CC2CC(C1)c1cccc(=O)n1C2. The molecule has 1 saturated heterocycles. The van der Waals surface area contributed by atoms with Gasteiger partial charge < -0.3 is 9.47 Å². The number of amides is 1. The molecule has 1 fully saturated rings. The minimum Gasteiger partial charge on any atom is -0.337 e. The number of halogens is 1. The summed E-state index contributed by atoms with van der Waals surface area (Å²) in [6, 6.07) is 13.3. The van der Waals surface area contributed by atoms with Crippen LogP contribution in [0, 0.1) is 5.92 Å². The van der Waals surface area contributed by atoms with Gasteiger partial charge in [-0.2, -0.15) is 0 Å². The van der Waals surface area contributed by atoms with Crippen LogP contribution in [0.2, 0.25) is 5.02 Å². The average Bonchev–Trinajstić information content (AvgIpc) is 2.99. The molecule has 6 heteroatoms. The summed E-state index contributed by atoms with van der Waals surface area (Å²) in [5.74, 6) is 0.546. The van der Waals surface area contributed by atoms with Gasteiger partial charge in [0.1, 0.15) is 4.88 Å². The van der Waals surface area contributed by atoms with Crippen LogP contribution in [0.15, 0.2) is 47.3 Å². The minimum atomic E-state index is 0.0117. The van der Waals surface area contributed by atoms with E-state index in [1.165, 1.54) is 11.3 Å². The van der Waals surface area contributed by atoms with Crippen LogP contribution < -0.4 is 5.56 Å². The van der Waals surface area contributed by atoms with Gasteiger partial charge in [-0.15, -0.1) is 11.3 Å². The standard InChI is InChI=1S/C20H17ClN2O2S/c21-18-14-4-1-2-6-16(14)26-19(18)20(25)22-9-12-8-13(11-22)15-5-3-7-17(24)23(15)10-12/h1-7,12-13H,8-11H2. The summed E-state index contributed by atoms with van der Waals surface area (Å²) < 4.78 is 2.92. The minimum absolute atomic E-state index is 0.0117. The summed E-state index contributed by atoms with van der Waals surface area (Å²) in [6.45, 7) is 2.01. The number of carbonyl (C=O) groups excluding carboxylic acids is 1. The third kappa shape index (κ3) is 2.42. The van der Waals surface area contributed by atoms with Crippen LogP contribution in [0.4, 0.5) is 0 Å². The molecule has 2 unspecified atom stereocenters. The Labute approximate surface area is 159 Å². The third-order valence-corrected chi connectivity index (χ3v) is 7.16. The number of piperidine rings is 1. The van der Waals surface area contributed by atoms with Crippen LogP contribution in [0.1, 0.15) is 27.7 Å². The van der Waals surface area contributed by atoms with Gasteiger partial charge in [0.2, 0.25) is 0 Å². The summed E-state index contributed by atoms with van der Waals surface area (Å²) in [5, 5.41) is 1.50. The lowest BCUT2D eigenvalue weighted by Crippen LogP contribution is -2.49. The average molecular weight is 385 g/mol. The van der Waals surface area contributed by atoms with Crippen LogP contribution in [0.3, 0.4) is 0 Å². The van der Waals surface area contributed by atoms with Gasteiger partial charge in [0.15, 0.2) is 0 Å². The first-order valence-electron chi connectivity index (χ1n) is 8.78. The van der Waals surface area contributed by atoms with Crippen molar-refractivity contribution in [2.75, 3.05) is 13.1 Å². The maximum atomic E-state index is 13.2. The molecule has 2 aromatic heterocycles. The Morgan fingerprint density at radius 3 is 2.77 bits per heavy atom. The summed E-state index contributed by atoms with van der Waals surface area (Å²) in [6.07, 6.45) is 1.04. The van der Waals surface area contributed by atoms with Crippen molar-refractivity contribution in [3.05, 3.63) is 68.4 Å². The summed E-state index contributed by atoms with van der Waals surface area (Å²) in [5.41, 5.74) is 1.11. The number of thiophene rings is 1. The maximum absolute atomic E-state index is 13.2. The number of hydrogen-bond acceptors (Lipinski definition) is 3. The topological polar surface area (TPSA) is 42.3 Å². The second-order valence-electron chi connectivity index (χ2n) is 7.15. The molecule has 0 N–H and O–H groups in total. The van der Waals surface area contributed by atoms with Gasteiger partial charge in [0.05, 0.1) is 5.02 Å². The molecule has 2 aliphatic rings. The lowest BCUT2D eigenvalue weighted by molar-refractivity contribution is 0.0599. The molecular formula is C20H17ClN2O2S. The molecule has 2 bridgehead atoms. The fourth-order valence-electron chi connectivity index (χ4n) is 4.36. The normalized spacial score (nSPS) is 21.7. The second kappa shape index (κ2) is 5.96. The van der Waals surface area contributed by atoms with Crippen molar-refractivity contribution in [2.24, 2.45) is 5.92 Å². The third-order valence-electron chi connectivity index (χ3n) is 5.50. The molecule has 132 valence electrons. The lowest BCUT2D eigenvalue weighted by atomic mass is 9.83. The van der Waals surface area contributed by atoms with E-state index in [-0.39, 0.29) is 17.4 Å². The molecule has 4 nitrogen and oxygen atoms in total. The number of rotatable bonds is 1. The molecule has 0 saturated carbocycles. The van der Waals surface area contributed by atoms with Gasteiger partial charge in [-0.1, -0.05) is 35.9 Å². The monoisotopic (exact) mass is 384 g/mol. The Balaban J connectivity index is 1.49. The van der Waals surface area contributed by atoms with Crippen molar-refractivity contribution < 1.29 is 4.79 Å². The Morgan fingerprint density at radius 1 is 1.08 bits per heavy atom. The fraction of sp³-hybridized carbons (Fsp3) is 0.300. The zero-order valence-electron chi connectivity index (χ0n) is 14.0. The number of hydrogen-bond donors (Lipinski definition) is 0. The van der Waals surface area contributed by atoms with Crippen molar-refractivity contribution in [1.29, 1.82) is 0 Å². The Bertz CT molecular complexity index is 1090. The fourth-order valence-corrected chi connectivity index (χ4v) is 5.84. The highest BCUT2D eigenvalue weighted by molar-refractivity contribution is 7.21. The number of pyridine rings is 1. The van der Waals surface area contributed by atoms with E-state index >= 15 is 0 Å². The summed E-state index contributed by atoms with van der Waals surface area (Å²) in [4.78, 5) is 27.9. The number of likely N-dealkylation sites (tertiary alicyclic amines) is 1. The van der Waals surface area contributed by atoms with Crippen LogP contribution in [0.5, 0.6) is 0 Å². The Morgan fingerprint density at radius 2 is 1.92 bits per heavy atom. The number of fused-ring (bicyclic) bond motifs is 5. The van der Waals surface area contributed by atoms with E-state index < -0.39 is 0 Å². The predicted octanol–water partition coefficient (Wildman–Crippen LogP) is 3.98. The van der Waals surface area contributed by atoms with Crippen molar-refractivity contribution in [3.63, 3.8) is 0 Å². The quantitative estimate of drug-likeness (QED) is 0.637. The van der Waals surface area contributed by atoms with E-state index in [1.807, 2.05) is 45.9 Å². The first-order valence-corrected chi connectivity index (χ1v) is 9.97. The Kier molecular flexibility index (Phi) is 3.69. The summed E-state index contributed by atoms with van der Waals surface area (Å²) in [7, 11) is 0. The zero-order chi connectivity index (χ0) is 17.8. The molecule has 1 aromatic carbocycles. The number of benzene rings is 1. The van der Waals surface area contributed by atoms with Gasteiger partial charge in [-0.25, -0.2) is 0 Å². The highest BCUT2D eigenvalue weighted by Gasteiger charge is 2.37. The van der Waals surface area contributed by atoms with Gasteiger partial charge in [-0.05, 0) is 24.5 Å². The molecule has 0 aliphatic carbocycles. The van der Waals surface area contributed by atoms with E-state index in [9.17, 15) is 9.59 Å².